The number of carbonyl (C=O) groups is 2. The fourth-order valence-corrected chi connectivity index (χ4v) is 1.93. The lowest BCUT2D eigenvalue weighted by Crippen LogP contribution is -2.31. The van der Waals surface area contributed by atoms with Gasteiger partial charge in [0.25, 0.3) is 0 Å². The van der Waals surface area contributed by atoms with Crippen LogP contribution in [-0.2, 0) is 0 Å². The molecule has 0 atom stereocenters. The van der Waals surface area contributed by atoms with E-state index in [0.29, 0.717) is 11.0 Å². The summed E-state index contributed by atoms with van der Waals surface area (Å²) in [6, 6.07) is 4.19. The molecule has 0 heterocycles. The van der Waals surface area contributed by atoms with Crippen LogP contribution in [0.3, 0.4) is 0 Å². The normalized spacial score (nSPS) is 10.1. The molecule has 0 aromatic heterocycles. The Morgan fingerprint density at radius 2 is 2.05 bits per heavy atom. The van der Waals surface area contributed by atoms with E-state index in [1.807, 2.05) is 6.92 Å². The van der Waals surface area contributed by atoms with Crippen LogP contribution in [0.2, 0.25) is 0 Å². The zero-order valence-electron chi connectivity index (χ0n) is 11.2. The summed E-state index contributed by atoms with van der Waals surface area (Å²) in [7, 11) is 0. The van der Waals surface area contributed by atoms with Crippen molar-refractivity contribution >= 4 is 33.6 Å². The number of halogens is 1. The molecule has 0 spiro atoms. The summed E-state index contributed by atoms with van der Waals surface area (Å²) >= 11 is 3.24. The van der Waals surface area contributed by atoms with E-state index in [0.717, 1.165) is 19.5 Å². The third-order valence-electron chi connectivity index (χ3n) is 2.53. The lowest BCUT2D eigenvalue weighted by atomic mass is 10.2. The summed E-state index contributed by atoms with van der Waals surface area (Å²) in [5.41, 5.74) is 0.312. The monoisotopic (exact) mass is 343 g/mol. The molecule has 0 saturated carbocycles. The minimum Gasteiger partial charge on any atom is -0.478 e. The standard InChI is InChI=1S/C13H18BrN3O3/c1-2-15-6-3-7-16-13(20)17-11-8-9(14)4-5-10(11)12(18)19/h4-5,8,15H,2-3,6-7H2,1H3,(H,18,19)(H2,16,17,20). The average Bonchev–Trinajstić information content (AvgIpc) is 2.38. The molecule has 0 saturated heterocycles. The molecule has 1 aromatic carbocycles. The first-order valence-corrected chi connectivity index (χ1v) is 7.12. The summed E-state index contributed by atoms with van der Waals surface area (Å²) in [5, 5.41) is 17.4. The fourth-order valence-electron chi connectivity index (χ4n) is 1.56. The highest BCUT2D eigenvalue weighted by molar-refractivity contribution is 9.10. The molecule has 0 bridgehead atoms. The van der Waals surface area contributed by atoms with Crippen LogP contribution in [0.1, 0.15) is 23.7 Å². The van der Waals surface area contributed by atoms with E-state index in [4.69, 9.17) is 5.11 Å². The van der Waals surface area contributed by atoms with Gasteiger partial charge in [-0.2, -0.15) is 0 Å². The number of carbonyl (C=O) groups excluding carboxylic acids is 1. The molecule has 1 aromatic rings. The number of hydrogen-bond donors (Lipinski definition) is 4. The second-order valence-corrected chi connectivity index (χ2v) is 5.00. The number of carboxylic acids is 1. The highest BCUT2D eigenvalue weighted by Gasteiger charge is 2.12. The van der Waals surface area contributed by atoms with Crippen molar-refractivity contribution in [1.82, 2.24) is 10.6 Å². The molecule has 0 radical (unpaired) electrons. The van der Waals surface area contributed by atoms with Gasteiger partial charge in [-0.25, -0.2) is 9.59 Å². The van der Waals surface area contributed by atoms with Crippen LogP contribution in [0.4, 0.5) is 10.5 Å². The highest BCUT2D eigenvalue weighted by Crippen LogP contribution is 2.21. The molecule has 0 aliphatic carbocycles. The van der Waals surface area contributed by atoms with Gasteiger partial charge in [0.2, 0.25) is 0 Å². The molecule has 7 heteroatoms. The van der Waals surface area contributed by atoms with Crippen molar-refractivity contribution in [3.63, 3.8) is 0 Å². The Hall–Kier alpha value is -1.60. The summed E-state index contributed by atoms with van der Waals surface area (Å²) in [5.74, 6) is -1.08. The first-order valence-electron chi connectivity index (χ1n) is 6.33. The Labute approximate surface area is 126 Å². The number of hydrogen-bond acceptors (Lipinski definition) is 3. The second kappa shape index (κ2) is 8.55. The average molecular weight is 344 g/mol. The quantitative estimate of drug-likeness (QED) is 0.571. The first kappa shape index (κ1) is 16.5. The molecule has 1 rings (SSSR count). The van der Waals surface area contributed by atoms with Gasteiger partial charge in [-0.15, -0.1) is 0 Å². The zero-order chi connectivity index (χ0) is 15.0. The van der Waals surface area contributed by atoms with Crippen LogP contribution in [-0.4, -0.2) is 36.7 Å². The van der Waals surface area contributed by atoms with E-state index < -0.39 is 12.0 Å². The summed E-state index contributed by atoms with van der Waals surface area (Å²) in [6.45, 7) is 4.26. The van der Waals surface area contributed by atoms with Crippen LogP contribution < -0.4 is 16.0 Å². The smallest absolute Gasteiger partial charge is 0.337 e. The number of aromatic carboxylic acids is 1. The van der Waals surface area contributed by atoms with Crippen molar-refractivity contribution < 1.29 is 14.7 Å². The van der Waals surface area contributed by atoms with Crippen LogP contribution in [0.15, 0.2) is 22.7 Å². The Morgan fingerprint density at radius 3 is 2.70 bits per heavy atom. The van der Waals surface area contributed by atoms with E-state index in [2.05, 4.69) is 31.9 Å². The number of benzene rings is 1. The molecule has 0 aliphatic rings. The van der Waals surface area contributed by atoms with Crippen LogP contribution in [0.5, 0.6) is 0 Å². The van der Waals surface area contributed by atoms with Gasteiger partial charge >= 0.3 is 12.0 Å². The van der Waals surface area contributed by atoms with E-state index in [-0.39, 0.29) is 11.3 Å². The third-order valence-corrected chi connectivity index (χ3v) is 3.02. The van der Waals surface area contributed by atoms with Crippen molar-refractivity contribution in [3.8, 4) is 0 Å². The number of nitrogens with one attached hydrogen (secondary N) is 3. The predicted octanol–water partition coefficient (Wildman–Crippen LogP) is 2.27. The minimum atomic E-state index is -1.08. The number of anilines is 1. The first-order chi connectivity index (χ1) is 9.54. The Bertz CT molecular complexity index is 480. The molecular weight excluding hydrogens is 326 g/mol. The maximum Gasteiger partial charge on any atom is 0.337 e. The maximum atomic E-state index is 11.7. The summed E-state index contributed by atoms with van der Waals surface area (Å²) in [4.78, 5) is 22.7. The number of amides is 2. The van der Waals surface area contributed by atoms with Gasteiger partial charge < -0.3 is 21.1 Å². The van der Waals surface area contributed by atoms with Gasteiger partial charge in [-0.05, 0) is 37.7 Å². The third kappa shape index (κ3) is 5.58. The van der Waals surface area contributed by atoms with Crippen molar-refractivity contribution in [2.75, 3.05) is 25.0 Å². The highest BCUT2D eigenvalue weighted by atomic mass is 79.9. The second-order valence-electron chi connectivity index (χ2n) is 4.08. The zero-order valence-corrected chi connectivity index (χ0v) is 12.8. The van der Waals surface area contributed by atoms with Crippen molar-refractivity contribution in [2.45, 2.75) is 13.3 Å². The van der Waals surface area contributed by atoms with E-state index in [9.17, 15) is 9.59 Å². The summed E-state index contributed by atoms with van der Waals surface area (Å²) in [6.07, 6.45) is 0.811. The van der Waals surface area contributed by atoms with Gasteiger partial charge in [0.15, 0.2) is 0 Å². The van der Waals surface area contributed by atoms with Gasteiger partial charge in [-0.1, -0.05) is 22.9 Å². The number of rotatable bonds is 7. The molecule has 0 aliphatic heterocycles. The van der Waals surface area contributed by atoms with E-state index in [1.165, 1.54) is 6.07 Å². The van der Waals surface area contributed by atoms with E-state index in [1.54, 1.807) is 12.1 Å². The summed E-state index contributed by atoms with van der Waals surface area (Å²) < 4.78 is 0.699. The number of carboxylic acid groups (broad SMARTS) is 1. The largest absolute Gasteiger partial charge is 0.478 e. The van der Waals surface area contributed by atoms with E-state index >= 15 is 0 Å². The SMILES string of the molecule is CCNCCCNC(=O)Nc1cc(Br)ccc1C(=O)O. The van der Waals surface area contributed by atoms with Gasteiger partial charge in [0.1, 0.15) is 0 Å². The lowest BCUT2D eigenvalue weighted by Gasteiger charge is -2.10. The molecular formula is C13H18BrN3O3. The van der Waals surface area contributed by atoms with Crippen molar-refractivity contribution in [2.24, 2.45) is 0 Å². The lowest BCUT2D eigenvalue weighted by molar-refractivity contribution is 0.0698. The topological polar surface area (TPSA) is 90.5 Å². The molecule has 20 heavy (non-hydrogen) atoms. The molecule has 4 N–H and O–H groups in total. The van der Waals surface area contributed by atoms with Gasteiger partial charge in [-0.3, -0.25) is 0 Å². The Balaban J connectivity index is 2.53. The van der Waals surface area contributed by atoms with Gasteiger partial charge in [0, 0.05) is 11.0 Å². The van der Waals surface area contributed by atoms with Crippen LogP contribution >= 0.6 is 15.9 Å². The Kier molecular flexibility index (Phi) is 7.03. The fraction of sp³-hybridized carbons (Fsp3) is 0.385. The Morgan fingerprint density at radius 1 is 1.30 bits per heavy atom. The minimum absolute atomic E-state index is 0.0519. The predicted molar refractivity (Wildman–Crippen MR) is 81.3 cm³/mol. The molecule has 0 fully saturated rings. The maximum absolute atomic E-state index is 11.7. The molecule has 2 amide bonds. The molecule has 110 valence electrons. The molecule has 6 nitrogen and oxygen atoms in total. The number of urea groups is 1. The van der Waals surface area contributed by atoms with Crippen LogP contribution in [0, 0.1) is 0 Å². The van der Waals surface area contributed by atoms with Gasteiger partial charge in [0.05, 0.1) is 11.3 Å². The van der Waals surface area contributed by atoms with Crippen molar-refractivity contribution in [1.29, 1.82) is 0 Å². The molecule has 0 unspecified atom stereocenters. The van der Waals surface area contributed by atoms with Crippen LogP contribution in [0.25, 0.3) is 0 Å². The van der Waals surface area contributed by atoms with Crippen molar-refractivity contribution in [3.05, 3.63) is 28.2 Å².